The van der Waals surface area contributed by atoms with E-state index in [0.29, 0.717) is 5.56 Å². The Morgan fingerprint density at radius 3 is 1.98 bits per heavy atom. The van der Waals surface area contributed by atoms with Crippen LogP contribution in [-0.2, 0) is 25.6 Å². The number of Topliss-reactive ketones (excluding diaryl/α,β-unsaturated/α-hetero) is 5. The van der Waals surface area contributed by atoms with Gasteiger partial charge < -0.3 is 10.2 Å². The lowest BCUT2D eigenvalue weighted by atomic mass is 9.40. The molecule has 5 rings (SSSR count). The van der Waals surface area contributed by atoms with Crippen molar-refractivity contribution in [3.05, 3.63) is 62.2 Å². The molecule has 0 amide bonds. The molecule has 3 aliphatic carbocycles. The Balaban J connectivity index is 1.69. The minimum absolute atomic E-state index is 0.00718. The molecule has 2 aromatic carbocycles. The van der Waals surface area contributed by atoms with Crippen molar-refractivity contribution >= 4 is 41.1 Å². The summed E-state index contributed by atoms with van der Waals surface area (Å²) in [7, 11) is 0. The molecule has 7 heteroatoms. The second-order valence-corrected chi connectivity index (χ2v) is 14.7. The standard InChI is InChI=1S/C38H44O7/c1-17(2)30-32(41)28(23(8)39)34(43)38(45)35(44)31-33(42)29-26(15-36(31,9)16-37(30,38)10)24(12-14-27(29)40)11-13-25-21(6)19(4)18(3)20(5)22(25)7/h11-14,17,28,30-31,40,45H,15-16H2,1-10H3/b13-11+/t28?,30?,31?,36-,37-,38+/m1/s1. The number of ketones is 5. The Hall–Kier alpha value is -3.71. The van der Waals surface area contributed by atoms with Crippen molar-refractivity contribution in [2.45, 2.75) is 87.7 Å². The first-order valence-corrected chi connectivity index (χ1v) is 15.8. The normalized spacial score (nSPS) is 31.3. The molecule has 2 N–H and O–H groups in total. The maximum atomic E-state index is 14.5. The summed E-state index contributed by atoms with van der Waals surface area (Å²) in [5, 5.41) is 23.2. The topological polar surface area (TPSA) is 126 Å². The van der Waals surface area contributed by atoms with E-state index >= 15 is 0 Å². The van der Waals surface area contributed by atoms with Gasteiger partial charge in [-0.05, 0) is 116 Å². The predicted molar refractivity (Wildman–Crippen MR) is 172 cm³/mol. The molecule has 0 bridgehead atoms. The van der Waals surface area contributed by atoms with Crippen molar-refractivity contribution in [1.29, 1.82) is 0 Å². The molecule has 0 aliphatic heterocycles. The van der Waals surface area contributed by atoms with Gasteiger partial charge in [-0.3, -0.25) is 24.0 Å². The molecule has 0 radical (unpaired) electrons. The number of carbonyl (C=O) groups is 5. The molecule has 0 heterocycles. The molecule has 2 saturated carbocycles. The summed E-state index contributed by atoms with van der Waals surface area (Å²) in [5.74, 6) is -8.92. The first-order chi connectivity index (χ1) is 20.8. The summed E-state index contributed by atoms with van der Waals surface area (Å²) in [5.41, 5.74) is 3.05. The van der Waals surface area contributed by atoms with Crippen molar-refractivity contribution < 1.29 is 34.2 Å². The summed E-state index contributed by atoms with van der Waals surface area (Å²) >= 11 is 0. The van der Waals surface area contributed by atoms with Crippen LogP contribution in [0.1, 0.15) is 95.9 Å². The van der Waals surface area contributed by atoms with Gasteiger partial charge in [0.1, 0.15) is 17.5 Å². The highest BCUT2D eigenvalue weighted by molar-refractivity contribution is 6.32. The number of rotatable bonds is 4. The molecular formula is C38H44O7. The summed E-state index contributed by atoms with van der Waals surface area (Å²) in [4.78, 5) is 68.9. The third kappa shape index (κ3) is 4.22. The second-order valence-electron chi connectivity index (χ2n) is 14.7. The van der Waals surface area contributed by atoms with E-state index in [-0.39, 0.29) is 30.1 Å². The van der Waals surface area contributed by atoms with Gasteiger partial charge in [0.15, 0.2) is 28.7 Å². The molecule has 238 valence electrons. The molecule has 2 fully saturated rings. The van der Waals surface area contributed by atoms with Crippen molar-refractivity contribution in [2.24, 2.45) is 34.5 Å². The van der Waals surface area contributed by atoms with Crippen LogP contribution in [0.25, 0.3) is 12.2 Å². The second kappa shape index (κ2) is 10.4. The Bertz CT molecular complexity index is 1730. The highest BCUT2D eigenvalue weighted by Gasteiger charge is 2.76. The van der Waals surface area contributed by atoms with Gasteiger partial charge in [0.2, 0.25) is 0 Å². The SMILES string of the molecule is CC(=O)C1C(=O)C(C(C)C)[C@@]2(C)C[C@@]3(C)Cc4c(/C=C/c5c(C)c(C)c(C)c(C)c5C)ccc(O)c4C(=O)C3C(=O)[C@@]2(O)C1=O. The zero-order chi connectivity index (χ0) is 33.7. The Morgan fingerprint density at radius 1 is 0.889 bits per heavy atom. The van der Waals surface area contributed by atoms with Crippen LogP contribution in [0.4, 0.5) is 0 Å². The van der Waals surface area contributed by atoms with Gasteiger partial charge >= 0.3 is 0 Å². The van der Waals surface area contributed by atoms with Crippen molar-refractivity contribution in [3.8, 4) is 5.75 Å². The van der Waals surface area contributed by atoms with Gasteiger partial charge in [-0.1, -0.05) is 45.9 Å². The maximum absolute atomic E-state index is 14.5. The molecule has 0 aromatic heterocycles. The van der Waals surface area contributed by atoms with Gasteiger partial charge in [-0.25, -0.2) is 0 Å². The molecule has 0 saturated heterocycles. The summed E-state index contributed by atoms with van der Waals surface area (Å²) in [6, 6.07) is 3.19. The molecule has 6 atom stereocenters. The van der Waals surface area contributed by atoms with E-state index in [1.807, 2.05) is 12.2 Å². The number of benzene rings is 2. The van der Waals surface area contributed by atoms with Crippen molar-refractivity contribution in [2.75, 3.05) is 0 Å². The fourth-order valence-corrected chi connectivity index (χ4v) is 9.27. The lowest BCUT2D eigenvalue weighted by Crippen LogP contribution is -2.76. The van der Waals surface area contributed by atoms with Gasteiger partial charge in [0.05, 0.1) is 11.5 Å². The fraction of sp³-hybridized carbons (Fsp3) is 0.500. The number of hydrogen-bond donors (Lipinski definition) is 2. The number of hydrogen-bond acceptors (Lipinski definition) is 7. The maximum Gasteiger partial charge on any atom is 0.190 e. The number of phenolic OH excluding ortho intramolecular Hbond substituents is 1. The lowest BCUT2D eigenvalue weighted by Gasteiger charge is -2.61. The zero-order valence-electron chi connectivity index (χ0n) is 28.0. The summed E-state index contributed by atoms with van der Waals surface area (Å²) in [6.07, 6.45) is 4.19. The Morgan fingerprint density at radius 2 is 1.44 bits per heavy atom. The molecule has 0 spiro atoms. The predicted octanol–water partition coefficient (Wildman–Crippen LogP) is 5.81. The van der Waals surface area contributed by atoms with E-state index in [9.17, 15) is 34.2 Å². The van der Waals surface area contributed by atoms with Crippen LogP contribution in [0.2, 0.25) is 0 Å². The monoisotopic (exact) mass is 612 g/mol. The lowest BCUT2D eigenvalue weighted by molar-refractivity contribution is -0.205. The molecule has 3 unspecified atom stereocenters. The van der Waals surface area contributed by atoms with Crippen molar-refractivity contribution in [1.82, 2.24) is 0 Å². The van der Waals surface area contributed by atoms with E-state index < -0.39 is 63.1 Å². The van der Waals surface area contributed by atoms with Gasteiger partial charge in [-0.2, -0.15) is 0 Å². The minimum Gasteiger partial charge on any atom is -0.507 e. The molecule has 7 nitrogen and oxygen atoms in total. The minimum atomic E-state index is -2.70. The van der Waals surface area contributed by atoms with E-state index in [1.165, 1.54) is 22.8 Å². The third-order valence-corrected chi connectivity index (χ3v) is 11.8. The van der Waals surface area contributed by atoms with E-state index in [2.05, 4.69) is 34.6 Å². The molecule has 45 heavy (non-hydrogen) atoms. The fourth-order valence-electron chi connectivity index (χ4n) is 9.27. The van der Waals surface area contributed by atoms with E-state index in [0.717, 1.165) is 29.2 Å². The van der Waals surface area contributed by atoms with E-state index in [4.69, 9.17) is 0 Å². The molecular weight excluding hydrogens is 568 g/mol. The van der Waals surface area contributed by atoms with Crippen LogP contribution in [0, 0.1) is 69.1 Å². The Kier molecular flexibility index (Phi) is 7.56. The van der Waals surface area contributed by atoms with Crippen LogP contribution in [-0.4, -0.2) is 44.7 Å². The van der Waals surface area contributed by atoms with Crippen LogP contribution in [0.15, 0.2) is 12.1 Å². The summed E-state index contributed by atoms with van der Waals surface area (Å²) < 4.78 is 0. The number of aliphatic hydroxyl groups is 1. The Labute approximate surface area is 265 Å². The zero-order valence-corrected chi connectivity index (χ0v) is 28.0. The third-order valence-electron chi connectivity index (χ3n) is 11.8. The number of carbonyl (C=O) groups excluding carboxylic acids is 5. The number of aromatic hydroxyl groups is 1. The largest absolute Gasteiger partial charge is 0.507 e. The quantitative estimate of drug-likeness (QED) is 0.330. The van der Waals surface area contributed by atoms with Crippen molar-refractivity contribution in [3.63, 3.8) is 0 Å². The van der Waals surface area contributed by atoms with Crippen LogP contribution < -0.4 is 0 Å². The average Bonchev–Trinajstić information content (AvgIpc) is 2.93. The average molecular weight is 613 g/mol. The number of phenols is 1. The smallest absolute Gasteiger partial charge is 0.190 e. The molecule has 2 aromatic rings. The van der Waals surface area contributed by atoms with Gasteiger partial charge in [-0.15, -0.1) is 0 Å². The number of fused-ring (bicyclic) bond motifs is 3. The van der Waals surface area contributed by atoms with Crippen LogP contribution >= 0.6 is 0 Å². The van der Waals surface area contributed by atoms with Gasteiger partial charge in [0, 0.05) is 11.3 Å². The highest BCUT2D eigenvalue weighted by atomic mass is 16.3. The first kappa shape index (κ1) is 32.7. The highest BCUT2D eigenvalue weighted by Crippen LogP contribution is 2.63. The van der Waals surface area contributed by atoms with Gasteiger partial charge in [0.25, 0.3) is 0 Å². The van der Waals surface area contributed by atoms with Crippen LogP contribution in [0.3, 0.4) is 0 Å². The molecule has 3 aliphatic rings. The first-order valence-electron chi connectivity index (χ1n) is 15.8. The summed E-state index contributed by atoms with van der Waals surface area (Å²) in [6.45, 7) is 18.5. The van der Waals surface area contributed by atoms with Crippen LogP contribution in [0.5, 0.6) is 5.75 Å². The van der Waals surface area contributed by atoms with E-state index in [1.54, 1.807) is 33.8 Å².